The van der Waals surface area contributed by atoms with Crippen molar-refractivity contribution < 1.29 is 18.9 Å². The lowest BCUT2D eigenvalue weighted by molar-refractivity contribution is 0.0168. The second kappa shape index (κ2) is 14.7. The molecule has 1 heterocycles. The molecule has 1 aromatic rings. The van der Waals surface area contributed by atoms with Gasteiger partial charge in [-0.1, -0.05) is 12.1 Å². The van der Waals surface area contributed by atoms with Gasteiger partial charge in [0.05, 0.1) is 25.9 Å². The highest BCUT2D eigenvalue weighted by atomic mass is 127. The third-order valence-corrected chi connectivity index (χ3v) is 5.62. The molecule has 31 heavy (non-hydrogen) atoms. The van der Waals surface area contributed by atoms with E-state index in [2.05, 4.69) is 21.7 Å². The van der Waals surface area contributed by atoms with Gasteiger partial charge in [-0.2, -0.15) is 0 Å². The Bertz CT molecular complexity index is 662. The van der Waals surface area contributed by atoms with Gasteiger partial charge >= 0.3 is 0 Å². The predicted molar refractivity (Wildman–Crippen MR) is 134 cm³/mol. The zero-order valence-corrected chi connectivity index (χ0v) is 21.2. The van der Waals surface area contributed by atoms with Crippen LogP contribution in [0.2, 0.25) is 0 Å². The minimum absolute atomic E-state index is 0. The molecule has 1 saturated heterocycles. The van der Waals surface area contributed by atoms with Crippen LogP contribution in [-0.2, 0) is 16.0 Å². The summed E-state index contributed by atoms with van der Waals surface area (Å²) < 4.78 is 23.1. The summed E-state index contributed by atoms with van der Waals surface area (Å²) in [5.41, 5.74) is 1.07. The molecule has 1 aromatic carbocycles. The van der Waals surface area contributed by atoms with Gasteiger partial charge in [0.2, 0.25) is 0 Å². The van der Waals surface area contributed by atoms with Crippen molar-refractivity contribution in [1.29, 1.82) is 0 Å². The Morgan fingerprint density at radius 3 is 2.71 bits per heavy atom. The lowest BCUT2D eigenvalue weighted by Crippen LogP contribution is -2.37. The molecule has 2 aliphatic rings. The van der Waals surface area contributed by atoms with E-state index in [1.54, 1.807) is 14.2 Å². The van der Waals surface area contributed by atoms with Crippen molar-refractivity contribution in [2.24, 2.45) is 4.99 Å². The quantitative estimate of drug-likeness (QED) is 0.190. The highest BCUT2D eigenvalue weighted by Crippen LogP contribution is 2.34. The Morgan fingerprint density at radius 1 is 1.16 bits per heavy atom. The number of nitrogens with zero attached hydrogens (tertiary/aromatic N) is 1. The van der Waals surface area contributed by atoms with Crippen LogP contribution in [0.15, 0.2) is 23.2 Å². The van der Waals surface area contributed by atoms with Crippen LogP contribution in [-0.4, -0.2) is 58.7 Å². The van der Waals surface area contributed by atoms with Crippen molar-refractivity contribution in [3.63, 3.8) is 0 Å². The first-order chi connectivity index (χ1) is 14.8. The summed E-state index contributed by atoms with van der Waals surface area (Å²) in [5, 5.41) is 6.73. The molecule has 0 amide bonds. The summed E-state index contributed by atoms with van der Waals surface area (Å²) in [6.07, 6.45) is 8.46. The van der Waals surface area contributed by atoms with E-state index in [4.69, 9.17) is 18.9 Å². The number of rotatable bonds is 11. The van der Waals surface area contributed by atoms with Gasteiger partial charge in [0.15, 0.2) is 17.5 Å². The summed E-state index contributed by atoms with van der Waals surface area (Å²) in [7, 11) is 3.47. The van der Waals surface area contributed by atoms with Crippen molar-refractivity contribution in [3.05, 3.63) is 23.8 Å². The van der Waals surface area contributed by atoms with E-state index in [1.165, 1.54) is 12.8 Å². The lowest BCUT2D eigenvalue weighted by atomic mass is 10.1. The summed E-state index contributed by atoms with van der Waals surface area (Å²) in [4.78, 5) is 4.32. The summed E-state index contributed by atoms with van der Waals surface area (Å²) >= 11 is 0. The number of hydrogen-bond acceptors (Lipinski definition) is 5. The normalized spacial score (nSPS) is 19.2. The number of nitrogens with one attached hydrogen (secondary N) is 2. The molecule has 8 heteroatoms. The van der Waals surface area contributed by atoms with Crippen LogP contribution in [0.5, 0.6) is 11.5 Å². The number of guanidine groups is 1. The summed E-state index contributed by atoms with van der Waals surface area (Å²) in [6.45, 7) is 3.72. The standard InChI is InChI=1S/C23H37N3O4.HI/c1-24-23(25-13-7-14-28-17-20-11-6-15-29-20)26-16-18-8-5-12-21(27-2)22(18)30-19-9-3-4-10-19;/h5,8,12,19-20H,3-4,6-7,9-11,13-17H2,1-2H3,(H2,24,25,26);1H. The molecule has 0 bridgehead atoms. The largest absolute Gasteiger partial charge is 0.493 e. The van der Waals surface area contributed by atoms with E-state index in [0.717, 1.165) is 74.9 Å². The SMILES string of the molecule is CN=C(NCCCOCC1CCCO1)NCc1cccc(OC)c1OC1CCCC1.I. The second-order valence-corrected chi connectivity index (χ2v) is 7.89. The van der Waals surface area contributed by atoms with Crippen molar-refractivity contribution in [3.8, 4) is 11.5 Å². The molecule has 1 aliphatic carbocycles. The van der Waals surface area contributed by atoms with E-state index < -0.39 is 0 Å². The molecule has 1 aliphatic heterocycles. The van der Waals surface area contributed by atoms with E-state index in [1.807, 2.05) is 12.1 Å². The van der Waals surface area contributed by atoms with Crippen LogP contribution in [0.25, 0.3) is 0 Å². The number of methoxy groups -OCH3 is 1. The Morgan fingerprint density at radius 2 is 2.00 bits per heavy atom. The second-order valence-electron chi connectivity index (χ2n) is 7.89. The highest BCUT2D eigenvalue weighted by molar-refractivity contribution is 14.0. The minimum Gasteiger partial charge on any atom is -0.493 e. The van der Waals surface area contributed by atoms with Gasteiger partial charge in [-0.05, 0) is 51.0 Å². The first-order valence-corrected chi connectivity index (χ1v) is 11.3. The molecule has 2 fully saturated rings. The third kappa shape index (κ3) is 8.65. The minimum atomic E-state index is 0. The molecular weight excluding hydrogens is 509 g/mol. The number of halogens is 1. The van der Waals surface area contributed by atoms with E-state index >= 15 is 0 Å². The topological polar surface area (TPSA) is 73.3 Å². The Labute approximate surface area is 203 Å². The van der Waals surface area contributed by atoms with Crippen LogP contribution in [0.3, 0.4) is 0 Å². The number of benzene rings is 1. The maximum atomic E-state index is 6.31. The fourth-order valence-electron chi connectivity index (χ4n) is 3.94. The van der Waals surface area contributed by atoms with Gasteiger partial charge in [0.25, 0.3) is 0 Å². The predicted octanol–water partition coefficient (Wildman–Crippen LogP) is 3.89. The van der Waals surface area contributed by atoms with Gasteiger partial charge in [0.1, 0.15) is 0 Å². The fraction of sp³-hybridized carbons (Fsp3) is 0.696. The van der Waals surface area contributed by atoms with Gasteiger partial charge in [-0.25, -0.2) is 0 Å². The average molecular weight is 547 g/mol. The Hall–Kier alpha value is -1.26. The van der Waals surface area contributed by atoms with Gasteiger partial charge in [0, 0.05) is 38.9 Å². The average Bonchev–Trinajstić information content (AvgIpc) is 3.47. The molecule has 176 valence electrons. The number of para-hydroxylation sites is 1. The van der Waals surface area contributed by atoms with Gasteiger partial charge < -0.3 is 29.6 Å². The highest BCUT2D eigenvalue weighted by Gasteiger charge is 2.20. The van der Waals surface area contributed by atoms with Crippen LogP contribution in [0.4, 0.5) is 0 Å². The molecule has 0 aromatic heterocycles. The molecular formula is C23H38IN3O4. The Balaban J connectivity index is 0.00000341. The molecule has 3 rings (SSSR count). The lowest BCUT2D eigenvalue weighted by Gasteiger charge is -2.20. The molecule has 1 saturated carbocycles. The molecule has 7 nitrogen and oxygen atoms in total. The van der Waals surface area contributed by atoms with Crippen LogP contribution in [0.1, 0.15) is 50.5 Å². The van der Waals surface area contributed by atoms with Crippen LogP contribution in [0, 0.1) is 0 Å². The fourth-order valence-corrected chi connectivity index (χ4v) is 3.94. The summed E-state index contributed by atoms with van der Waals surface area (Å²) in [5.74, 6) is 2.40. The van der Waals surface area contributed by atoms with E-state index in [9.17, 15) is 0 Å². The molecule has 1 unspecified atom stereocenters. The molecule has 2 N–H and O–H groups in total. The van der Waals surface area contributed by atoms with E-state index in [-0.39, 0.29) is 36.2 Å². The number of aliphatic imine (C=N–C) groups is 1. The molecule has 1 atom stereocenters. The van der Waals surface area contributed by atoms with E-state index in [0.29, 0.717) is 13.2 Å². The number of ether oxygens (including phenoxy) is 4. The maximum Gasteiger partial charge on any atom is 0.191 e. The van der Waals surface area contributed by atoms with Crippen molar-refractivity contribution in [2.45, 2.75) is 63.7 Å². The molecule has 0 spiro atoms. The Kier molecular flexibility index (Phi) is 12.4. The number of hydrogen-bond donors (Lipinski definition) is 2. The van der Waals surface area contributed by atoms with Crippen molar-refractivity contribution in [2.75, 3.05) is 40.5 Å². The van der Waals surface area contributed by atoms with Gasteiger partial charge in [-0.15, -0.1) is 24.0 Å². The summed E-state index contributed by atoms with van der Waals surface area (Å²) in [6, 6.07) is 6.03. The smallest absolute Gasteiger partial charge is 0.191 e. The maximum absolute atomic E-state index is 6.31. The third-order valence-electron chi connectivity index (χ3n) is 5.62. The first-order valence-electron chi connectivity index (χ1n) is 11.3. The van der Waals surface area contributed by atoms with Crippen LogP contribution >= 0.6 is 24.0 Å². The first kappa shape index (κ1) is 26.0. The van der Waals surface area contributed by atoms with Crippen LogP contribution < -0.4 is 20.1 Å². The van der Waals surface area contributed by atoms with Crippen molar-refractivity contribution >= 4 is 29.9 Å². The molecule has 0 radical (unpaired) electrons. The van der Waals surface area contributed by atoms with Crippen molar-refractivity contribution in [1.82, 2.24) is 10.6 Å². The zero-order chi connectivity index (χ0) is 21.0. The zero-order valence-electron chi connectivity index (χ0n) is 18.9. The van der Waals surface area contributed by atoms with Gasteiger partial charge in [-0.3, -0.25) is 4.99 Å². The monoisotopic (exact) mass is 547 g/mol.